The van der Waals surface area contributed by atoms with Crippen LogP contribution in [0.4, 0.5) is 4.79 Å². The van der Waals surface area contributed by atoms with Gasteiger partial charge < -0.3 is 15.7 Å². The van der Waals surface area contributed by atoms with Crippen LogP contribution in [0.1, 0.15) is 45.9 Å². The van der Waals surface area contributed by atoms with Crippen LogP contribution in [0.2, 0.25) is 0 Å². The number of carbonyl (C=O) groups excluding carboxylic acids is 1. The first-order valence-corrected chi connectivity index (χ1v) is 6.90. The molecule has 0 radical (unpaired) electrons. The average molecular weight is 293 g/mol. The lowest BCUT2D eigenvalue weighted by molar-refractivity contribution is -0.138. The van der Waals surface area contributed by atoms with E-state index in [1.54, 1.807) is 12.3 Å². The largest absolute Gasteiger partial charge is 0.481 e. The summed E-state index contributed by atoms with van der Waals surface area (Å²) in [6.45, 7) is 7.50. The van der Waals surface area contributed by atoms with Crippen LogP contribution < -0.4 is 10.6 Å². The van der Waals surface area contributed by atoms with Crippen molar-refractivity contribution in [2.24, 2.45) is 5.41 Å². The molecule has 0 fully saturated rings. The van der Waals surface area contributed by atoms with Crippen LogP contribution in [-0.4, -0.2) is 28.1 Å². The summed E-state index contributed by atoms with van der Waals surface area (Å²) in [4.78, 5) is 27.1. The van der Waals surface area contributed by atoms with Gasteiger partial charge in [0.25, 0.3) is 0 Å². The predicted molar refractivity (Wildman–Crippen MR) is 79.8 cm³/mol. The number of hydrogen-bond acceptors (Lipinski definition) is 3. The summed E-state index contributed by atoms with van der Waals surface area (Å²) >= 11 is 0. The van der Waals surface area contributed by atoms with E-state index in [4.69, 9.17) is 5.11 Å². The van der Waals surface area contributed by atoms with Gasteiger partial charge in [-0.2, -0.15) is 0 Å². The van der Waals surface area contributed by atoms with Crippen molar-refractivity contribution in [2.45, 2.75) is 46.2 Å². The summed E-state index contributed by atoms with van der Waals surface area (Å²) < 4.78 is 0. The lowest BCUT2D eigenvalue weighted by Gasteiger charge is -2.30. The molecule has 6 nitrogen and oxygen atoms in total. The van der Waals surface area contributed by atoms with E-state index >= 15 is 0 Å². The van der Waals surface area contributed by atoms with Crippen molar-refractivity contribution >= 4 is 12.0 Å². The Morgan fingerprint density at radius 3 is 2.43 bits per heavy atom. The summed E-state index contributed by atoms with van der Waals surface area (Å²) in [6.07, 6.45) is 1.54. The van der Waals surface area contributed by atoms with E-state index in [0.29, 0.717) is 0 Å². The first kappa shape index (κ1) is 16.9. The molecule has 1 heterocycles. The van der Waals surface area contributed by atoms with E-state index in [-0.39, 0.29) is 17.9 Å². The molecule has 0 aromatic carbocycles. The van der Waals surface area contributed by atoms with Crippen LogP contribution in [0.5, 0.6) is 0 Å². The standard InChI is InChI=1S/C15H23N3O3/c1-10(11-7-5-6-8-16-11)17-14(21)18-12(9-13(19)20)15(2,3)4/h5-8,10,12H,9H2,1-4H3,(H,19,20)(H2,17,18,21). The molecule has 21 heavy (non-hydrogen) atoms. The van der Waals surface area contributed by atoms with Gasteiger partial charge in [-0.3, -0.25) is 9.78 Å². The number of amides is 2. The van der Waals surface area contributed by atoms with E-state index in [1.807, 2.05) is 39.8 Å². The Labute approximate surface area is 125 Å². The van der Waals surface area contributed by atoms with E-state index in [2.05, 4.69) is 15.6 Å². The maximum Gasteiger partial charge on any atom is 0.315 e. The number of carboxylic acid groups (broad SMARTS) is 1. The SMILES string of the molecule is CC(NC(=O)NC(CC(=O)O)C(C)(C)C)c1ccccn1. The lowest BCUT2D eigenvalue weighted by atomic mass is 9.85. The quantitative estimate of drug-likeness (QED) is 0.777. The third-order valence-electron chi connectivity index (χ3n) is 3.21. The fourth-order valence-electron chi connectivity index (χ4n) is 1.85. The molecule has 1 rings (SSSR count). The maximum atomic E-state index is 12.0. The molecule has 2 amide bonds. The molecule has 3 N–H and O–H groups in total. The first-order valence-electron chi connectivity index (χ1n) is 6.90. The summed E-state index contributed by atoms with van der Waals surface area (Å²) in [5.41, 5.74) is 0.405. The molecule has 2 unspecified atom stereocenters. The molecule has 1 aromatic rings. The third kappa shape index (κ3) is 5.81. The van der Waals surface area contributed by atoms with Crippen molar-refractivity contribution in [3.05, 3.63) is 30.1 Å². The normalized spacial score (nSPS) is 14.1. The molecule has 6 heteroatoms. The van der Waals surface area contributed by atoms with Gasteiger partial charge in [0.15, 0.2) is 0 Å². The minimum atomic E-state index is -0.937. The zero-order valence-electron chi connectivity index (χ0n) is 12.9. The highest BCUT2D eigenvalue weighted by Crippen LogP contribution is 2.22. The number of aliphatic carboxylic acids is 1. The highest BCUT2D eigenvalue weighted by molar-refractivity contribution is 5.76. The molecular formula is C15H23N3O3. The van der Waals surface area contributed by atoms with Crippen LogP contribution in [-0.2, 0) is 4.79 Å². The molecule has 0 aliphatic carbocycles. The number of hydrogen-bond donors (Lipinski definition) is 3. The van der Waals surface area contributed by atoms with Crippen molar-refractivity contribution in [1.82, 2.24) is 15.6 Å². The van der Waals surface area contributed by atoms with Gasteiger partial charge in [0, 0.05) is 12.2 Å². The molecule has 0 aliphatic heterocycles. The molecule has 0 saturated carbocycles. The van der Waals surface area contributed by atoms with Crippen LogP contribution >= 0.6 is 0 Å². The number of urea groups is 1. The number of nitrogens with zero attached hydrogens (tertiary/aromatic N) is 1. The van der Waals surface area contributed by atoms with Crippen molar-refractivity contribution < 1.29 is 14.7 Å². The van der Waals surface area contributed by atoms with Gasteiger partial charge in [-0.1, -0.05) is 26.8 Å². The number of carbonyl (C=O) groups is 2. The number of rotatable bonds is 5. The Hall–Kier alpha value is -2.11. The topological polar surface area (TPSA) is 91.3 Å². The fourth-order valence-corrected chi connectivity index (χ4v) is 1.85. The lowest BCUT2D eigenvalue weighted by Crippen LogP contribution is -2.49. The van der Waals surface area contributed by atoms with Gasteiger partial charge in [0.05, 0.1) is 18.2 Å². The smallest absolute Gasteiger partial charge is 0.315 e. The van der Waals surface area contributed by atoms with Crippen LogP contribution in [0.3, 0.4) is 0 Å². The highest BCUT2D eigenvalue weighted by atomic mass is 16.4. The highest BCUT2D eigenvalue weighted by Gasteiger charge is 2.28. The van der Waals surface area contributed by atoms with Gasteiger partial charge in [-0.25, -0.2) is 4.79 Å². The Balaban J connectivity index is 2.64. The Bertz CT molecular complexity index is 483. The molecule has 2 atom stereocenters. The molecule has 1 aromatic heterocycles. The van der Waals surface area contributed by atoms with Gasteiger partial charge in [0.1, 0.15) is 0 Å². The Morgan fingerprint density at radius 1 is 1.29 bits per heavy atom. The second kappa shape index (κ2) is 7.06. The molecule has 0 bridgehead atoms. The summed E-state index contributed by atoms with van der Waals surface area (Å²) in [5, 5.41) is 14.4. The van der Waals surface area contributed by atoms with Crippen molar-refractivity contribution in [3.8, 4) is 0 Å². The second-order valence-corrected chi connectivity index (χ2v) is 6.11. The van der Waals surface area contributed by atoms with Crippen molar-refractivity contribution in [1.29, 1.82) is 0 Å². The molecule has 0 spiro atoms. The number of nitrogens with one attached hydrogen (secondary N) is 2. The predicted octanol–water partition coefficient (Wildman–Crippen LogP) is 2.33. The minimum absolute atomic E-state index is 0.116. The summed E-state index contributed by atoms with van der Waals surface area (Å²) in [7, 11) is 0. The van der Waals surface area contributed by atoms with Gasteiger partial charge in [0.2, 0.25) is 0 Å². The first-order chi connectivity index (χ1) is 9.70. The number of carboxylic acids is 1. The van der Waals surface area contributed by atoms with E-state index in [0.717, 1.165) is 5.69 Å². The fraction of sp³-hybridized carbons (Fsp3) is 0.533. The van der Waals surface area contributed by atoms with E-state index in [1.165, 1.54) is 0 Å². The zero-order chi connectivity index (χ0) is 16.0. The van der Waals surface area contributed by atoms with Crippen molar-refractivity contribution in [3.63, 3.8) is 0 Å². The second-order valence-electron chi connectivity index (χ2n) is 6.11. The van der Waals surface area contributed by atoms with Crippen molar-refractivity contribution in [2.75, 3.05) is 0 Å². The van der Waals surface area contributed by atoms with Gasteiger partial charge >= 0.3 is 12.0 Å². The van der Waals surface area contributed by atoms with Gasteiger partial charge in [-0.15, -0.1) is 0 Å². The Morgan fingerprint density at radius 2 is 1.95 bits per heavy atom. The summed E-state index contributed by atoms with van der Waals surface area (Å²) in [6, 6.07) is 4.38. The molecular weight excluding hydrogens is 270 g/mol. The monoisotopic (exact) mass is 293 g/mol. The van der Waals surface area contributed by atoms with Crippen LogP contribution in [0.15, 0.2) is 24.4 Å². The number of pyridine rings is 1. The summed E-state index contributed by atoms with van der Waals surface area (Å²) in [5.74, 6) is -0.937. The Kier molecular flexibility index (Phi) is 5.69. The minimum Gasteiger partial charge on any atom is -0.481 e. The van der Waals surface area contributed by atoms with Crippen LogP contribution in [0, 0.1) is 5.41 Å². The number of aromatic nitrogens is 1. The zero-order valence-corrected chi connectivity index (χ0v) is 12.9. The van der Waals surface area contributed by atoms with E-state index in [9.17, 15) is 9.59 Å². The third-order valence-corrected chi connectivity index (χ3v) is 3.21. The molecule has 0 aliphatic rings. The van der Waals surface area contributed by atoms with E-state index < -0.39 is 18.0 Å². The average Bonchev–Trinajstić information content (AvgIpc) is 2.37. The maximum absolute atomic E-state index is 12.0. The molecule has 116 valence electrons. The molecule has 0 saturated heterocycles. The van der Waals surface area contributed by atoms with Crippen LogP contribution in [0.25, 0.3) is 0 Å². The van der Waals surface area contributed by atoms with Gasteiger partial charge in [-0.05, 0) is 24.5 Å².